The summed E-state index contributed by atoms with van der Waals surface area (Å²) in [7, 11) is 1.80. The lowest BCUT2D eigenvalue weighted by Crippen LogP contribution is -2.29. The largest absolute Gasteiger partial charge is 0.338 e. The predicted molar refractivity (Wildman–Crippen MR) is 93.9 cm³/mol. The molecule has 128 valence electrons. The van der Waals surface area contributed by atoms with Crippen molar-refractivity contribution in [2.45, 2.75) is 6.54 Å². The molecular weight excluding hydrogens is 342 g/mol. The van der Waals surface area contributed by atoms with Crippen molar-refractivity contribution < 1.29 is 9.32 Å². The maximum absolute atomic E-state index is 12.1. The van der Waals surface area contributed by atoms with Crippen molar-refractivity contribution in [3.63, 3.8) is 0 Å². The van der Waals surface area contributed by atoms with Gasteiger partial charge in [0, 0.05) is 28.7 Å². The quantitative estimate of drug-likeness (QED) is 0.730. The summed E-state index contributed by atoms with van der Waals surface area (Å²) in [5.41, 5.74) is 1.43. The molecule has 3 rings (SSSR count). The number of benzene rings is 1. The average molecular weight is 358 g/mol. The molecule has 1 N–H and O–H groups in total. The van der Waals surface area contributed by atoms with Crippen molar-refractivity contribution in [3.8, 4) is 11.4 Å². The molecule has 0 radical (unpaired) electrons. The van der Waals surface area contributed by atoms with E-state index in [-0.39, 0.29) is 12.5 Å². The van der Waals surface area contributed by atoms with Gasteiger partial charge < -0.3 is 9.84 Å². The Morgan fingerprint density at radius 1 is 1.32 bits per heavy atom. The Bertz CT molecular complexity index is 853. The number of nitrogens with one attached hydrogen (secondary N) is 1. The molecule has 0 saturated carbocycles. The number of aromatic nitrogens is 3. The fraction of sp³-hybridized carbons (Fsp3) is 0.176. The molecule has 1 amide bonds. The van der Waals surface area contributed by atoms with Crippen LogP contribution in [0.5, 0.6) is 0 Å². The van der Waals surface area contributed by atoms with Crippen LogP contribution in [-0.4, -0.2) is 39.5 Å². The first kappa shape index (κ1) is 17.1. The molecule has 1 aromatic carbocycles. The lowest BCUT2D eigenvalue weighted by molar-refractivity contribution is -0.117. The van der Waals surface area contributed by atoms with Crippen LogP contribution >= 0.6 is 11.6 Å². The molecule has 2 aromatic heterocycles. The zero-order chi connectivity index (χ0) is 17.6. The van der Waals surface area contributed by atoms with E-state index < -0.39 is 0 Å². The molecule has 0 aliphatic carbocycles. The van der Waals surface area contributed by atoms with Gasteiger partial charge in [0.25, 0.3) is 0 Å². The minimum absolute atomic E-state index is 0.156. The molecule has 0 fully saturated rings. The third kappa shape index (κ3) is 4.85. The Balaban J connectivity index is 1.55. The molecule has 3 aromatic rings. The van der Waals surface area contributed by atoms with E-state index in [2.05, 4.69) is 20.4 Å². The number of carbonyl (C=O) groups excluding carboxylic acids is 1. The van der Waals surface area contributed by atoms with Crippen molar-refractivity contribution in [1.29, 1.82) is 0 Å². The van der Waals surface area contributed by atoms with E-state index in [1.54, 1.807) is 54.7 Å². The Labute approximate surface area is 149 Å². The molecule has 0 aliphatic rings. The summed E-state index contributed by atoms with van der Waals surface area (Å²) in [6.45, 7) is 0.535. The number of pyridine rings is 1. The van der Waals surface area contributed by atoms with Gasteiger partial charge in [0.1, 0.15) is 0 Å². The van der Waals surface area contributed by atoms with Gasteiger partial charge in [0.2, 0.25) is 17.6 Å². The summed E-state index contributed by atoms with van der Waals surface area (Å²) in [6.07, 6.45) is 3.34. The Morgan fingerprint density at radius 2 is 2.20 bits per heavy atom. The van der Waals surface area contributed by atoms with E-state index in [4.69, 9.17) is 16.1 Å². The van der Waals surface area contributed by atoms with Crippen LogP contribution < -0.4 is 5.32 Å². The second-order valence-corrected chi connectivity index (χ2v) is 5.92. The maximum Gasteiger partial charge on any atom is 0.241 e. The third-order valence-electron chi connectivity index (χ3n) is 3.31. The number of anilines is 1. The van der Waals surface area contributed by atoms with Gasteiger partial charge in [-0.2, -0.15) is 4.98 Å². The summed E-state index contributed by atoms with van der Waals surface area (Å²) in [4.78, 5) is 22.2. The Kier molecular flexibility index (Phi) is 5.37. The summed E-state index contributed by atoms with van der Waals surface area (Å²) in [5, 5.41) is 7.29. The van der Waals surface area contributed by atoms with Crippen LogP contribution in [0.25, 0.3) is 11.4 Å². The van der Waals surface area contributed by atoms with Gasteiger partial charge in [-0.3, -0.25) is 14.7 Å². The summed E-state index contributed by atoms with van der Waals surface area (Å²) in [6, 6.07) is 10.7. The van der Waals surface area contributed by atoms with Crippen molar-refractivity contribution in [2.24, 2.45) is 0 Å². The van der Waals surface area contributed by atoms with E-state index in [1.165, 1.54) is 0 Å². The van der Waals surface area contributed by atoms with Gasteiger partial charge >= 0.3 is 0 Å². The Hall–Kier alpha value is -2.77. The Morgan fingerprint density at radius 3 is 2.96 bits per heavy atom. The van der Waals surface area contributed by atoms with E-state index in [9.17, 15) is 4.79 Å². The number of hydrogen-bond donors (Lipinski definition) is 1. The van der Waals surface area contributed by atoms with Crippen LogP contribution in [-0.2, 0) is 11.3 Å². The number of rotatable bonds is 6. The highest BCUT2D eigenvalue weighted by molar-refractivity contribution is 6.30. The molecule has 7 nitrogen and oxygen atoms in total. The first-order chi connectivity index (χ1) is 12.1. The molecule has 0 unspecified atom stereocenters. The van der Waals surface area contributed by atoms with Crippen molar-refractivity contribution in [3.05, 3.63) is 59.7 Å². The normalized spacial score (nSPS) is 10.8. The smallest absolute Gasteiger partial charge is 0.241 e. The molecule has 0 atom stereocenters. The standard InChI is InChI=1S/C17H16ClN5O2/c1-23(10-15(24)20-14-6-2-5-13(18)8-14)11-16-21-17(22-25-16)12-4-3-7-19-9-12/h2-9H,10-11H2,1H3,(H,20,24). The van der Waals surface area contributed by atoms with E-state index >= 15 is 0 Å². The zero-order valence-corrected chi connectivity index (χ0v) is 14.3. The fourth-order valence-corrected chi connectivity index (χ4v) is 2.42. The number of halogens is 1. The average Bonchev–Trinajstić information content (AvgIpc) is 3.03. The first-order valence-electron chi connectivity index (χ1n) is 7.57. The molecular formula is C17H16ClN5O2. The number of carbonyl (C=O) groups is 1. The van der Waals surface area contributed by atoms with Gasteiger partial charge in [-0.1, -0.05) is 22.8 Å². The van der Waals surface area contributed by atoms with E-state index in [0.29, 0.717) is 29.0 Å². The molecule has 0 spiro atoms. The number of nitrogens with zero attached hydrogens (tertiary/aromatic N) is 4. The topological polar surface area (TPSA) is 84.2 Å². The second kappa shape index (κ2) is 7.87. The van der Waals surface area contributed by atoms with E-state index in [1.807, 2.05) is 6.07 Å². The predicted octanol–water partition coefficient (Wildman–Crippen LogP) is 2.86. The van der Waals surface area contributed by atoms with Gasteiger partial charge in [0.05, 0.1) is 13.1 Å². The van der Waals surface area contributed by atoms with Crippen molar-refractivity contribution >= 4 is 23.2 Å². The van der Waals surface area contributed by atoms with Crippen LogP contribution in [0.2, 0.25) is 5.02 Å². The van der Waals surface area contributed by atoms with Gasteiger partial charge in [-0.15, -0.1) is 0 Å². The molecule has 0 aliphatic heterocycles. The number of amides is 1. The van der Waals surface area contributed by atoms with Crippen molar-refractivity contribution in [1.82, 2.24) is 20.0 Å². The molecule has 2 heterocycles. The summed E-state index contributed by atoms with van der Waals surface area (Å²) in [5.74, 6) is 0.744. The lowest BCUT2D eigenvalue weighted by Gasteiger charge is -2.13. The minimum atomic E-state index is -0.156. The monoisotopic (exact) mass is 357 g/mol. The molecule has 25 heavy (non-hydrogen) atoms. The highest BCUT2D eigenvalue weighted by atomic mass is 35.5. The second-order valence-electron chi connectivity index (χ2n) is 5.48. The minimum Gasteiger partial charge on any atom is -0.338 e. The van der Waals surface area contributed by atoms with Gasteiger partial charge in [-0.25, -0.2) is 0 Å². The SMILES string of the molecule is CN(CC(=O)Nc1cccc(Cl)c1)Cc1nc(-c2cccnc2)no1. The van der Waals surface area contributed by atoms with Crippen LogP contribution in [0.4, 0.5) is 5.69 Å². The molecule has 0 bridgehead atoms. The first-order valence-corrected chi connectivity index (χ1v) is 7.95. The third-order valence-corrected chi connectivity index (χ3v) is 3.55. The van der Waals surface area contributed by atoms with Crippen LogP contribution in [0.3, 0.4) is 0 Å². The fourth-order valence-electron chi connectivity index (χ4n) is 2.23. The zero-order valence-electron chi connectivity index (χ0n) is 13.5. The van der Waals surface area contributed by atoms with Crippen LogP contribution in [0.15, 0.2) is 53.3 Å². The summed E-state index contributed by atoms with van der Waals surface area (Å²) < 4.78 is 5.23. The van der Waals surface area contributed by atoms with E-state index in [0.717, 1.165) is 5.56 Å². The molecule has 0 saturated heterocycles. The molecule has 8 heteroatoms. The van der Waals surface area contributed by atoms with Crippen LogP contribution in [0, 0.1) is 0 Å². The number of hydrogen-bond acceptors (Lipinski definition) is 6. The van der Waals surface area contributed by atoms with Crippen molar-refractivity contribution in [2.75, 3.05) is 18.9 Å². The lowest BCUT2D eigenvalue weighted by atomic mass is 10.3. The summed E-state index contributed by atoms with van der Waals surface area (Å²) >= 11 is 5.90. The maximum atomic E-state index is 12.1. The van der Waals surface area contributed by atoms with Gasteiger partial charge in [-0.05, 0) is 37.4 Å². The number of likely N-dealkylation sites (N-methyl/N-ethyl adjacent to an activating group) is 1. The van der Waals surface area contributed by atoms with Gasteiger partial charge in [0.15, 0.2) is 0 Å². The highest BCUT2D eigenvalue weighted by Crippen LogP contribution is 2.16. The highest BCUT2D eigenvalue weighted by Gasteiger charge is 2.13. The van der Waals surface area contributed by atoms with Crippen LogP contribution in [0.1, 0.15) is 5.89 Å².